The minimum atomic E-state index is -4.16. The Morgan fingerprint density at radius 2 is 2.00 bits per heavy atom. The molecule has 2 unspecified atom stereocenters. The number of aromatic amines is 1. The summed E-state index contributed by atoms with van der Waals surface area (Å²) in [4.78, 5) is 35.8. The zero-order chi connectivity index (χ0) is 30.9. The topological polar surface area (TPSA) is 173 Å². The van der Waals surface area contributed by atoms with Gasteiger partial charge in [-0.15, -0.1) is 0 Å². The van der Waals surface area contributed by atoms with Gasteiger partial charge in [0.1, 0.15) is 18.0 Å². The molecule has 1 saturated heterocycles. The minimum Gasteiger partial charge on any atom is -0.464 e. The van der Waals surface area contributed by atoms with Crippen molar-refractivity contribution in [2.75, 3.05) is 18.9 Å². The molecule has 1 fully saturated rings. The zero-order valence-corrected chi connectivity index (χ0v) is 25.7. The monoisotopic (exact) mass is 612 g/mol. The van der Waals surface area contributed by atoms with E-state index in [4.69, 9.17) is 24.3 Å². The largest absolute Gasteiger partial charge is 0.464 e. The van der Waals surface area contributed by atoms with Crippen LogP contribution in [-0.4, -0.2) is 50.8 Å². The maximum Gasteiger partial charge on any atom is 0.459 e. The van der Waals surface area contributed by atoms with Crippen molar-refractivity contribution in [2.45, 2.75) is 59.4 Å². The van der Waals surface area contributed by atoms with Crippen molar-refractivity contribution in [2.24, 2.45) is 11.3 Å². The average Bonchev–Trinajstić information content (AvgIpc) is 3.53. The lowest BCUT2D eigenvalue weighted by Gasteiger charge is -2.26. The van der Waals surface area contributed by atoms with Crippen molar-refractivity contribution in [1.29, 1.82) is 0 Å². The number of anilines is 1. The quantitative estimate of drug-likeness (QED) is 0.169. The SMILES string of the molecule is CC1C[C@H](n2cnc3c(=O)[nH]c(N)nc32)O[C@@H]1COP(=O)(N[C@@H](C)C(=O)OCC(C)(C)C)Oc1cccc2ccccc12. The van der Waals surface area contributed by atoms with Crippen molar-refractivity contribution in [3.8, 4) is 5.75 Å². The standard InChI is InChI=1S/C29H37N6O7P/c1-17-13-23(35-16-31-24-25(35)32-28(30)33-26(24)36)41-22(17)14-40-43(38,34-18(2)27(37)39-15-29(3,4)5)42-21-12-8-10-19-9-6-7-11-20(19)21/h6-12,16-18,22-23H,13-15H2,1-5H3,(H,34,38)(H3,30,32,33,36)/t17?,18-,22+,23+,43?/m0/s1. The van der Waals surface area contributed by atoms with Gasteiger partial charge in [0.05, 0.1) is 25.6 Å². The first kappa shape index (κ1) is 30.7. The number of aromatic nitrogens is 4. The molecule has 5 atom stereocenters. The fourth-order valence-corrected chi connectivity index (χ4v) is 6.29. The Bertz CT molecular complexity index is 1730. The van der Waals surface area contributed by atoms with E-state index in [-0.39, 0.29) is 36.0 Å². The highest BCUT2D eigenvalue weighted by Crippen LogP contribution is 2.48. The number of hydrogen-bond donors (Lipinski definition) is 3. The molecule has 0 radical (unpaired) electrons. The van der Waals surface area contributed by atoms with Crippen molar-refractivity contribution >= 4 is 41.6 Å². The maximum absolute atomic E-state index is 14.3. The van der Waals surface area contributed by atoms with Gasteiger partial charge in [-0.2, -0.15) is 10.1 Å². The van der Waals surface area contributed by atoms with Crippen LogP contribution >= 0.6 is 7.75 Å². The Hall–Kier alpha value is -3.77. The zero-order valence-electron chi connectivity index (χ0n) is 24.8. The smallest absolute Gasteiger partial charge is 0.459 e. The molecule has 0 saturated carbocycles. The van der Waals surface area contributed by atoms with E-state index in [2.05, 4.69) is 20.0 Å². The Morgan fingerprint density at radius 1 is 1.26 bits per heavy atom. The van der Waals surface area contributed by atoms with Crippen LogP contribution in [0.5, 0.6) is 5.75 Å². The Kier molecular flexibility index (Phi) is 8.62. The number of fused-ring (bicyclic) bond motifs is 2. The van der Waals surface area contributed by atoms with Crippen molar-refractivity contribution in [3.63, 3.8) is 0 Å². The van der Waals surface area contributed by atoms with Gasteiger partial charge in [-0.05, 0) is 36.1 Å². The van der Waals surface area contributed by atoms with Gasteiger partial charge in [0.2, 0.25) is 5.95 Å². The van der Waals surface area contributed by atoms with E-state index >= 15 is 0 Å². The summed E-state index contributed by atoms with van der Waals surface area (Å²) < 4.78 is 39.6. The van der Waals surface area contributed by atoms with E-state index in [0.717, 1.165) is 10.8 Å². The third kappa shape index (κ3) is 7.07. The highest BCUT2D eigenvalue weighted by molar-refractivity contribution is 7.52. The summed E-state index contributed by atoms with van der Waals surface area (Å²) in [5.74, 6) is -0.319. The molecule has 1 aliphatic heterocycles. The van der Waals surface area contributed by atoms with E-state index in [9.17, 15) is 14.2 Å². The summed E-state index contributed by atoms with van der Waals surface area (Å²) in [5, 5.41) is 4.38. The lowest BCUT2D eigenvalue weighted by Crippen LogP contribution is -2.37. The minimum absolute atomic E-state index is 0.0297. The van der Waals surface area contributed by atoms with Crippen LogP contribution in [0.2, 0.25) is 0 Å². The summed E-state index contributed by atoms with van der Waals surface area (Å²) in [6.45, 7) is 9.43. The van der Waals surface area contributed by atoms with Crippen LogP contribution < -0.4 is 20.9 Å². The molecule has 3 heterocycles. The maximum atomic E-state index is 14.3. The van der Waals surface area contributed by atoms with Gasteiger partial charge in [-0.25, -0.2) is 9.55 Å². The number of ether oxygens (including phenoxy) is 2. The molecule has 0 aliphatic carbocycles. The molecule has 14 heteroatoms. The van der Waals surface area contributed by atoms with Gasteiger partial charge in [0.15, 0.2) is 11.2 Å². The molecule has 0 spiro atoms. The molecule has 2 aromatic heterocycles. The summed E-state index contributed by atoms with van der Waals surface area (Å²) in [7, 11) is -4.16. The molecular weight excluding hydrogens is 575 g/mol. The van der Waals surface area contributed by atoms with Gasteiger partial charge in [-0.1, -0.05) is 64.1 Å². The highest BCUT2D eigenvalue weighted by atomic mass is 31.2. The number of imidazole rings is 1. The molecule has 230 valence electrons. The second-order valence-electron chi connectivity index (χ2n) is 12.0. The number of nitrogens with one attached hydrogen (secondary N) is 2. The van der Waals surface area contributed by atoms with Crippen LogP contribution in [-0.2, 0) is 23.4 Å². The van der Waals surface area contributed by atoms with E-state index in [1.54, 1.807) is 23.6 Å². The van der Waals surface area contributed by atoms with Gasteiger partial charge in [0, 0.05) is 5.39 Å². The second kappa shape index (κ2) is 12.1. The molecular formula is C29H37N6O7P. The second-order valence-corrected chi connectivity index (χ2v) is 13.7. The fraction of sp³-hybridized carbons (Fsp3) is 0.448. The highest BCUT2D eigenvalue weighted by Gasteiger charge is 2.39. The Labute approximate surface area is 248 Å². The summed E-state index contributed by atoms with van der Waals surface area (Å²) in [6, 6.07) is 11.9. The third-order valence-electron chi connectivity index (χ3n) is 7.03. The summed E-state index contributed by atoms with van der Waals surface area (Å²) in [6.07, 6.45) is 1.01. The number of H-pyrrole nitrogens is 1. The molecule has 0 bridgehead atoms. The van der Waals surface area contributed by atoms with Gasteiger partial charge >= 0.3 is 13.7 Å². The molecule has 5 rings (SSSR count). The number of hydrogen-bond acceptors (Lipinski definition) is 10. The Balaban J connectivity index is 1.35. The number of esters is 1. The van der Waals surface area contributed by atoms with Crippen LogP contribution in [0.4, 0.5) is 5.95 Å². The first-order valence-corrected chi connectivity index (χ1v) is 15.6. The van der Waals surface area contributed by atoms with Gasteiger partial charge < -0.3 is 19.7 Å². The summed E-state index contributed by atoms with van der Waals surface area (Å²) in [5.41, 5.74) is 5.51. The first-order chi connectivity index (χ1) is 20.3. The van der Waals surface area contributed by atoms with Crippen molar-refractivity contribution < 1.29 is 27.9 Å². The number of nitrogen functional groups attached to an aromatic ring is 1. The normalized spacial score (nSPS) is 21.1. The number of benzene rings is 2. The van der Waals surface area contributed by atoms with Crippen molar-refractivity contribution in [3.05, 3.63) is 59.1 Å². The molecule has 13 nitrogen and oxygen atoms in total. The van der Waals surface area contributed by atoms with Crippen LogP contribution in [0.25, 0.3) is 21.9 Å². The number of carbonyl (C=O) groups is 1. The van der Waals surface area contributed by atoms with E-state index in [1.165, 1.54) is 6.33 Å². The molecule has 4 N–H and O–H groups in total. The van der Waals surface area contributed by atoms with E-state index < -0.39 is 37.6 Å². The molecule has 43 heavy (non-hydrogen) atoms. The average molecular weight is 613 g/mol. The predicted octanol–water partition coefficient (Wildman–Crippen LogP) is 4.55. The first-order valence-electron chi connectivity index (χ1n) is 14.1. The van der Waals surface area contributed by atoms with Gasteiger partial charge in [0.25, 0.3) is 5.56 Å². The molecule has 0 amide bonds. The predicted molar refractivity (Wildman–Crippen MR) is 161 cm³/mol. The van der Waals surface area contributed by atoms with Gasteiger partial charge in [-0.3, -0.25) is 23.7 Å². The third-order valence-corrected chi connectivity index (χ3v) is 8.66. The van der Waals surface area contributed by atoms with Crippen LogP contribution in [0.15, 0.2) is 53.6 Å². The van der Waals surface area contributed by atoms with Crippen LogP contribution in [0.3, 0.4) is 0 Å². The summed E-state index contributed by atoms with van der Waals surface area (Å²) >= 11 is 0. The number of carbonyl (C=O) groups excluding carboxylic acids is 1. The van der Waals surface area contributed by atoms with Crippen LogP contribution in [0, 0.1) is 11.3 Å². The van der Waals surface area contributed by atoms with Crippen molar-refractivity contribution in [1.82, 2.24) is 24.6 Å². The lowest BCUT2D eigenvalue weighted by molar-refractivity contribution is -0.148. The van der Waals surface area contributed by atoms with E-state index in [1.807, 2.05) is 58.0 Å². The lowest BCUT2D eigenvalue weighted by atomic mass is 9.99. The van der Waals surface area contributed by atoms with Crippen LogP contribution in [0.1, 0.15) is 47.3 Å². The number of rotatable bonds is 10. The Morgan fingerprint density at radius 3 is 2.77 bits per heavy atom. The number of nitrogens with two attached hydrogens (primary N) is 1. The van der Waals surface area contributed by atoms with E-state index in [0.29, 0.717) is 17.8 Å². The molecule has 4 aromatic rings. The molecule has 1 aliphatic rings. The number of nitrogens with zero attached hydrogens (tertiary/aromatic N) is 3. The fourth-order valence-electron chi connectivity index (χ4n) is 4.77. The molecule has 2 aromatic carbocycles.